The quantitative estimate of drug-likeness (QED) is 0.442. The number of oxime groups is 1. The highest BCUT2D eigenvalue weighted by Crippen LogP contribution is 2.21. The van der Waals surface area contributed by atoms with Gasteiger partial charge in [-0.3, -0.25) is 9.58 Å². The minimum Gasteiger partial charge on any atom is -0.496 e. The highest BCUT2D eigenvalue weighted by Gasteiger charge is 2.14. The summed E-state index contributed by atoms with van der Waals surface area (Å²) in [6.45, 7) is 4.04. The number of ether oxygens (including phenoxy) is 2. The molecular formula is C18H22N4O4. The molecule has 2 heterocycles. The Bertz CT molecular complexity index is 781. The summed E-state index contributed by atoms with van der Waals surface area (Å²) >= 11 is 0. The van der Waals surface area contributed by atoms with Crippen LogP contribution in [0.4, 0.5) is 0 Å². The molecule has 0 atom stereocenters. The smallest absolute Gasteiger partial charge is 0.383 e. The molecule has 0 aliphatic carbocycles. The number of hydrogen-bond acceptors (Lipinski definition) is 7. The van der Waals surface area contributed by atoms with E-state index in [0.717, 1.165) is 49.7 Å². The number of carbonyl (C=O) groups is 1. The van der Waals surface area contributed by atoms with Gasteiger partial charge in [0.05, 0.1) is 26.5 Å². The Kier molecular flexibility index (Phi) is 5.98. The summed E-state index contributed by atoms with van der Waals surface area (Å²) in [6, 6.07) is 7.31. The van der Waals surface area contributed by atoms with Crippen LogP contribution in [-0.4, -0.2) is 60.3 Å². The minimum atomic E-state index is -0.552. The van der Waals surface area contributed by atoms with Crippen molar-refractivity contribution in [3.63, 3.8) is 0 Å². The van der Waals surface area contributed by atoms with E-state index in [2.05, 4.69) is 15.2 Å². The zero-order valence-electron chi connectivity index (χ0n) is 14.9. The average molecular weight is 358 g/mol. The van der Waals surface area contributed by atoms with Gasteiger partial charge in [-0.15, -0.1) is 0 Å². The fourth-order valence-electron chi connectivity index (χ4n) is 2.76. The topological polar surface area (TPSA) is 78.2 Å². The van der Waals surface area contributed by atoms with Gasteiger partial charge in [0.2, 0.25) is 0 Å². The van der Waals surface area contributed by atoms with Crippen molar-refractivity contribution >= 4 is 12.2 Å². The van der Waals surface area contributed by atoms with Gasteiger partial charge in [-0.1, -0.05) is 5.16 Å². The van der Waals surface area contributed by atoms with Crippen molar-refractivity contribution < 1.29 is 19.1 Å². The second-order valence-corrected chi connectivity index (χ2v) is 5.91. The molecular weight excluding hydrogens is 336 g/mol. The molecule has 0 N–H and O–H groups in total. The normalized spacial score (nSPS) is 15.3. The molecule has 1 aromatic heterocycles. The number of aryl methyl sites for hydroxylation is 1. The molecule has 0 unspecified atom stereocenters. The molecule has 2 aromatic rings. The van der Waals surface area contributed by atoms with Crippen LogP contribution < -0.4 is 4.74 Å². The van der Waals surface area contributed by atoms with Gasteiger partial charge in [-0.05, 0) is 29.8 Å². The molecule has 1 fully saturated rings. The zero-order chi connectivity index (χ0) is 18.4. The standard InChI is InChI=1S/C18H22N4O4/c1-21-16(5-6-19-21)18(23)26-20-12-14-3-4-17(24-2)15(11-14)13-22-7-9-25-10-8-22/h3-6,11-12H,7-10,13H2,1-2H3/b20-12+. The second-order valence-electron chi connectivity index (χ2n) is 5.91. The van der Waals surface area contributed by atoms with Crippen molar-refractivity contribution in [2.24, 2.45) is 12.2 Å². The van der Waals surface area contributed by atoms with Crippen LogP contribution in [0.5, 0.6) is 5.75 Å². The molecule has 0 bridgehead atoms. The lowest BCUT2D eigenvalue weighted by Crippen LogP contribution is -2.35. The largest absolute Gasteiger partial charge is 0.496 e. The zero-order valence-corrected chi connectivity index (χ0v) is 14.9. The van der Waals surface area contributed by atoms with Gasteiger partial charge in [0.25, 0.3) is 0 Å². The molecule has 8 heteroatoms. The molecule has 0 spiro atoms. The molecule has 3 rings (SSSR count). The van der Waals surface area contributed by atoms with E-state index in [1.165, 1.54) is 17.1 Å². The molecule has 0 saturated carbocycles. The average Bonchev–Trinajstić information content (AvgIpc) is 3.09. The Balaban J connectivity index is 1.66. The monoisotopic (exact) mass is 358 g/mol. The number of carbonyl (C=O) groups excluding carboxylic acids is 1. The van der Waals surface area contributed by atoms with Crippen LogP contribution in [0.1, 0.15) is 21.6 Å². The summed E-state index contributed by atoms with van der Waals surface area (Å²) in [5.41, 5.74) is 2.22. The number of hydrogen-bond donors (Lipinski definition) is 0. The fourth-order valence-corrected chi connectivity index (χ4v) is 2.76. The molecule has 26 heavy (non-hydrogen) atoms. The molecule has 1 saturated heterocycles. The lowest BCUT2D eigenvalue weighted by Gasteiger charge is -2.27. The van der Waals surface area contributed by atoms with Gasteiger partial charge in [0, 0.05) is 38.4 Å². The van der Waals surface area contributed by atoms with E-state index in [1.54, 1.807) is 20.2 Å². The lowest BCUT2D eigenvalue weighted by molar-refractivity contribution is 0.0339. The van der Waals surface area contributed by atoms with Crippen LogP contribution in [0.3, 0.4) is 0 Å². The molecule has 8 nitrogen and oxygen atoms in total. The maximum atomic E-state index is 11.9. The van der Waals surface area contributed by atoms with Gasteiger partial charge < -0.3 is 14.3 Å². The van der Waals surface area contributed by atoms with E-state index in [4.69, 9.17) is 14.3 Å². The summed E-state index contributed by atoms with van der Waals surface area (Å²) < 4.78 is 12.3. The lowest BCUT2D eigenvalue weighted by atomic mass is 10.1. The molecule has 1 aliphatic rings. The number of nitrogens with zero attached hydrogens (tertiary/aromatic N) is 4. The van der Waals surface area contributed by atoms with Gasteiger partial charge in [0.1, 0.15) is 11.4 Å². The maximum Gasteiger partial charge on any atom is 0.383 e. The van der Waals surface area contributed by atoms with E-state index < -0.39 is 5.97 Å². The Morgan fingerprint density at radius 1 is 1.35 bits per heavy atom. The van der Waals surface area contributed by atoms with Crippen molar-refractivity contribution in [3.8, 4) is 5.75 Å². The van der Waals surface area contributed by atoms with Gasteiger partial charge >= 0.3 is 5.97 Å². The Hall–Kier alpha value is -2.71. The number of methoxy groups -OCH3 is 1. The fraction of sp³-hybridized carbons (Fsp3) is 0.389. The van der Waals surface area contributed by atoms with Crippen molar-refractivity contribution in [2.75, 3.05) is 33.4 Å². The molecule has 0 amide bonds. The maximum absolute atomic E-state index is 11.9. The Morgan fingerprint density at radius 2 is 2.15 bits per heavy atom. The predicted octanol–water partition coefficient (Wildman–Crippen LogP) is 1.45. The molecule has 1 aromatic carbocycles. The summed E-state index contributed by atoms with van der Waals surface area (Å²) in [4.78, 5) is 19.2. The second kappa shape index (κ2) is 8.59. The van der Waals surface area contributed by atoms with Crippen LogP contribution in [0.25, 0.3) is 0 Å². The first-order valence-corrected chi connectivity index (χ1v) is 8.37. The summed E-state index contributed by atoms with van der Waals surface area (Å²) in [6.07, 6.45) is 3.04. The summed E-state index contributed by atoms with van der Waals surface area (Å²) in [5.74, 6) is 0.267. The van der Waals surface area contributed by atoms with Gasteiger partial charge in [-0.25, -0.2) is 4.79 Å². The Morgan fingerprint density at radius 3 is 2.85 bits per heavy atom. The number of benzene rings is 1. The first kappa shape index (κ1) is 18.1. The van der Waals surface area contributed by atoms with E-state index in [1.807, 2.05) is 18.2 Å². The van der Waals surface area contributed by atoms with Gasteiger partial charge in [-0.2, -0.15) is 5.10 Å². The van der Waals surface area contributed by atoms with E-state index in [-0.39, 0.29) is 0 Å². The van der Waals surface area contributed by atoms with E-state index in [9.17, 15) is 4.79 Å². The number of morpholine rings is 1. The Labute approximate surface area is 151 Å². The summed E-state index contributed by atoms with van der Waals surface area (Å²) in [5, 5.41) is 7.72. The third-order valence-electron chi connectivity index (χ3n) is 4.17. The SMILES string of the molecule is COc1ccc(/C=N/OC(=O)c2ccnn2C)cc1CN1CCOCC1. The molecule has 0 radical (unpaired) electrons. The molecule has 138 valence electrons. The highest BCUT2D eigenvalue weighted by molar-refractivity contribution is 5.88. The van der Waals surface area contributed by atoms with Gasteiger partial charge in [0.15, 0.2) is 0 Å². The summed E-state index contributed by atoms with van der Waals surface area (Å²) in [7, 11) is 3.32. The first-order valence-electron chi connectivity index (χ1n) is 8.37. The molecule has 1 aliphatic heterocycles. The van der Waals surface area contributed by atoms with Crippen LogP contribution in [0.15, 0.2) is 35.6 Å². The van der Waals surface area contributed by atoms with Crippen molar-refractivity contribution in [2.45, 2.75) is 6.54 Å². The van der Waals surface area contributed by atoms with Crippen molar-refractivity contribution in [1.82, 2.24) is 14.7 Å². The number of rotatable bonds is 6. The van der Waals surface area contributed by atoms with Crippen LogP contribution >= 0.6 is 0 Å². The third kappa shape index (κ3) is 4.47. The van der Waals surface area contributed by atoms with Crippen LogP contribution in [0.2, 0.25) is 0 Å². The predicted molar refractivity (Wildman–Crippen MR) is 95.3 cm³/mol. The third-order valence-corrected chi connectivity index (χ3v) is 4.17. The highest BCUT2D eigenvalue weighted by atomic mass is 16.7. The van der Waals surface area contributed by atoms with E-state index in [0.29, 0.717) is 5.69 Å². The number of aromatic nitrogens is 2. The van der Waals surface area contributed by atoms with Crippen molar-refractivity contribution in [3.05, 3.63) is 47.3 Å². The minimum absolute atomic E-state index is 0.338. The van der Waals surface area contributed by atoms with Crippen molar-refractivity contribution in [1.29, 1.82) is 0 Å². The first-order chi connectivity index (χ1) is 12.7. The van der Waals surface area contributed by atoms with Crippen LogP contribution in [0, 0.1) is 0 Å². The van der Waals surface area contributed by atoms with E-state index >= 15 is 0 Å². The van der Waals surface area contributed by atoms with Crippen LogP contribution in [-0.2, 0) is 23.2 Å².